The van der Waals surface area contributed by atoms with Crippen LogP contribution in [0.15, 0.2) is 12.1 Å². The summed E-state index contributed by atoms with van der Waals surface area (Å²) in [5.41, 5.74) is 6.12. The summed E-state index contributed by atoms with van der Waals surface area (Å²) in [6, 6.07) is 6.28. The average molecular weight is 329 g/mol. The van der Waals surface area contributed by atoms with Gasteiger partial charge in [0.15, 0.2) is 0 Å². The van der Waals surface area contributed by atoms with Gasteiger partial charge in [-0.25, -0.2) is 0 Å². The minimum absolute atomic E-state index is 0.607. The maximum absolute atomic E-state index is 2.80. The van der Waals surface area contributed by atoms with Gasteiger partial charge in [-0.2, -0.15) is 0 Å². The highest BCUT2D eigenvalue weighted by Crippen LogP contribution is 2.36. The van der Waals surface area contributed by atoms with Crippen LogP contribution in [0.1, 0.15) is 62.4 Å². The Labute approximate surface area is 149 Å². The molecule has 2 unspecified atom stereocenters. The van der Waals surface area contributed by atoms with Crippen molar-refractivity contribution in [1.82, 2.24) is 9.80 Å². The van der Waals surface area contributed by atoms with Crippen molar-refractivity contribution in [2.45, 2.75) is 66.5 Å². The zero-order chi connectivity index (χ0) is 17.4. The van der Waals surface area contributed by atoms with Gasteiger partial charge in [0.05, 0.1) is 0 Å². The summed E-state index contributed by atoms with van der Waals surface area (Å²) in [6.45, 7) is 18.9. The molecule has 2 heteroatoms. The average Bonchev–Trinajstić information content (AvgIpc) is 2.48. The third kappa shape index (κ3) is 3.70. The van der Waals surface area contributed by atoms with Gasteiger partial charge in [-0.15, -0.1) is 0 Å². The number of hydrogen-bond donors (Lipinski definition) is 0. The lowest BCUT2D eigenvalue weighted by atomic mass is 9.85. The summed E-state index contributed by atoms with van der Waals surface area (Å²) in [7, 11) is 0. The maximum atomic E-state index is 2.80. The van der Waals surface area contributed by atoms with Gasteiger partial charge in [-0.05, 0) is 60.8 Å². The molecule has 0 bridgehead atoms. The summed E-state index contributed by atoms with van der Waals surface area (Å²) < 4.78 is 0. The Kier molecular flexibility index (Phi) is 5.36. The van der Waals surface area contributed by atoms with E-state index in [9.17, 15) is 0 Å². The predicted octanol–water partition coefficient (Wildman–Crippen LogP) is 4.59. The first-order chi connectivity index (χ1) is 11.3. The zero-order valence-electron chi connectivity index (χ0n) is 16.6. The second kappa shape index (κ2) is 7.17. The van der Waals surface area contributed by atoms with E-state index in [1.54, 1.807) is 11.1 Å². The summed E-state index contributed by atoms with van der Waals surface area (Å²) in [5, 5.41) is 0. The lowest BCUT2D eigenvalue weighted by Crippen LogP contribution is -2.57. The van der Waals surface area contributed by atoms with E-state index in [0.717, 1.165) is 17.9 Å². The fraction of sp³-hybridized carbons (Fsp3) is 0.727. The van der Waals surface area contributed by atoms with Gasteiger partial charge < -0.3 is 0 Å². The zero-order valence-corrected chi connectivity index (χ0v) is 16.6. The van der Waals surface area contributed by atoms with Gasteiger partial charge in [0.25, 0.3) is 0 Å². The highest BCUT2D eigenvalue weighted by molar-refractivity contribution is 5.41. The first kappa shape index (κ1) is 17.9. The first-order valence-corrected chi connectivity index (χ1v) is 9.93. The fourth-order valence-electron chi connectivity index (χ4n) is 4.69. The molecule has 1 aromatic rings. The molecule has 0 aliphatic carbocycles. The molecule has 2 heterocycles. The largest absolute Gasteiger partial charge is 0.297 e. The van der Waals surface area contributed by atoms with E-state index in [4.69, 9.17) is 0 Å². The Morgan fingerprint density at radius 2 is 1.71 bits per heavy atom. The number of aryl methyl sites for hydroxylation is 2. The quantitative estimate of drug-likeness (QED) is 0.797. The maximum Gasteiger partial charge on any atom is 0.0478 e. The van der Waals surface area contributed by atoms with E-state index in [0.29, 0.717) is 6.04 Å². The van der Waals surface area contributed by atoms with Gasteiger partial charge in [-0.1, -0.05) is 39.8 Å². The summed E-state index contributed by atoms with van der Waals surface area (Å²) in [5.74, 6) is 1.53. The number of nitrogens with zero attached hydrogens (tertiary/aromatic N) is 2. The summed E-state index contributed by atoms with van der Waals surface area (Å²) >= 11 is 0. The Bertz CT molecular complexity index is 576. The Balaban J connectivity index is 1.87. The standard InChI is InChI=1S/C22H36N2/c1-15(2)9-20-13-23-8-7-19-10-17(5)18(6)11-21(19)22(23)14-24(20)12-16(3)4/h10-11,15-16,20,22H,7-9,12-14H2,1-6H3. The second-order valence-electron chi connectivity index (χ2n) is 9.03. The topological polar surface area (TPSA) is 6.48 Å². The van der Waals surface area contributed by atoms with E-state index < -0.39 is 0 Å². The van der Waals surface area contributed by atoms with Gasteiger partial charge in [-0.3, -0.25) is 9.80 Å². The third-order valence-electron chi connectivity index (χ3n) is 5.94. The molecule has 0 radical (unpaired) electrons. The molecule has 0 aromatic heterocycles. The van der Waals surface area contributed by atoms with Crippen molar-refractivity contribution >= 4 is 0 Å². The van der Waals surface area contributed by atoms with Crippen LogP contribution in [-0.4, -0.2) is 42.0 Å². The Morgan fingerprint density at radius 1 is 1.00 bits per heavy atom. The van der Waals surface area contributed by atoms with Crippen LogP contribution < -0.4 is 0 Å². The molecule has 0 spiro atoms. The highest BCUT2D eigenvalue weighted by Gasteiger charge is 2.37. The molecular weight excluding hydrogens is 292 g/mol. The lowest BCUT2D eigenvalue weighted by molar-refractivity contribution is 0.00778. The molecule has 0 N–H and O–H groups in total. The van der Waals surface area contributed by atoms with Crippen LogP contribution in [0.2, 0.25) is 0 Å². The van der Waals surface area contributed by atoms with Crippen molar-refractivity contribution in [3.63, 3.8) is 0 Å². The van der Waals surface area contributed by atoms with Crippen LogP contribution in [0.25, 0.3) is 0 Å². The molecule has 2 aliphatic rings. The van der Waals surface area contributed by atoms with Gasteiger partial charge in [0.1, 0.15) is 0 Å². The second-order valence-corrected chi connectivity index (χ2v) is 9.03. The van der Waals surface area contributed by atoms with Crippen LogP contribution in [0.4, 0.5) is 0 Å². The molecule has 2 nitrogen and oxygen atoms in total. The van der Waals surface area contributed by atoms with Crippen molar-refractivity contribution in [2.24, 2.45) is 11.8 Å². The molecular formula is C22H36N2. The van der Waals surface area contributed by atoms with Crippen LogP contribution in [-0.2, 0) is 6.42 Å². The van der Waals surface area contributed by atoms with E-state index in [1.807, 2.05) is 0 Å². The molecule has 0 amide bonds. The van der Waals surface area contributed by atoms with Gasteiger partial charge >= 0.3 is 0 Å². The number of hydrogen-bond acceptors (Lipinski definition) is 2. The first-order valence-electron chi connectivity index (χ1n) is 9.93. The minimum atomic E-state index is 0.607. The van der Waals surface area contributed by atoms with E-state index in [1.165, 1.54) is 50.1 Å². The van der Waals surface area contributed by atoms with E-state index in [-0.39, 0.29) is 0 Å². The molecule has 2 aliphatic heterocycles. The van der Waals surface area contributed by atoms with Gasteiger partial charge in [0.2, 0.25) is 0 Å². The molecule has 1 fully saturated rings. The molecule has 3 rings (SSSR count). The Morgan fingerprint density at radius 3 is 2.38 bits per heavy atom. The molecule has 1 aromatic carbocycles. The highest BCUT2D eigenvalue weighted by atomic mass is 15.3. The fourth-order valence-corrected chi connectivity index (χ4v) is 4.69. The molecule has 134 valence electrons. The van der Waals surface area contributed by atoms with Crippen LogP contribution in [0, 0.1) is 25.7 Å². The van der Waals surface area contributed by atoms with Crippen LogP contribution in [0.3, 0.4) is 0 Å². The Hall–Kier alpha value is -0.860. The SMILES string of the molecule is Cc1cc2c(cc1C)C1CN(CC(C)C)C(CC(C)C)CN1CC2. The number of rotatable bonds is 4. The third-order valence-corrected chi connectivity index (χ3v) is 5.94. The van der Waals surface area contributed by atoms with Crippen molar-refractivity contribution in [3.05, 3.63) is 34.4 Å². The van der Waals surface area contributed by atoms with E-state index in [2.05, 4.69) is 63.5 Å². The van der Waals surface area contributed by atoms with Crippen molar-refractivity contribution in [3.8, 4) is 0 Å². The number of fused-ring (bicyclic) bond motifs is 3. The minimum Gasteiger partial charge on any atom is -0.297 e. The molecule has 2 atom stereocenters. The summed E-state index contributed by atoms with van der Waals surface area (Å²) in [6.07, 6.45) is 2.56. The normalized spacial score (nSPS) is 25.2. The number of piperazine rings is 1. The predicted molar refractivity (Wildman–Crippen MR) is 104 cm³/mol. The smallest absolute Gasteiger partial charge is 0.0478 e. The van der Waals surface area contributed by atoms with Crippen LogP contribution >= 0.6 is 0 Å². The lowest BCUT2D eigenvalue weighted by Gasteiger charge is -2.50. The van der Waals surface area contributed by atoms with Crippen molar-refractivity contribution in [1.29, 1.82) is 0 Å². The molecule has 1 saturated heterocycles. The number of benzene rings is 1. The molecule has 24 heavy (non-hydrogen) atoms. The monoisotopic (exact) mass is 328 g/mol. The summed E-state index contributed by atoms with van der Waals surface area (Å²) in [4.78, 5) is 5.58. The van der Waals surface area contributed by atoms with E-state index >= 15 is 0 Å². The van der Waals surface area contributed by atoms with Crippen LogP contribution in [0.5, 0.6) is 0 Å². The van der Waals surface area contributed by atoms with Crippen molar-refractivity contribution in [2.75, 3.05) is 26.2 Å². The van der Waals surface area contributed by atoms with Gasteiger partial charge in [0, 0.05) is 38.3 Å². The molecule has 0 saturated carbocycles. The van der Waals surface area contributed by atoms with Crippen molar-refractivity contribution < 1.29 is 0 Å².